The maximum Gasteiger partial charge on any atom is 0.249 e. The molecule has 0 saturated carbocycles. The molecule has 0 aliphatic carbocycles. The first-order valence-corrected chi connectivity index (χ1v) is 9.88. The van der Waals surface area contributed by atoms with Crippen LogP contribution < -0.4 is 15.4 Å². The monoisotopic (exact) mass is 397 g/mol. The summed E-state index contributed by atoms with van der Waals surface area (Å²) in [6, 6.07) is 26.0. The number of benzene rings is 3. The number of anilines is 4. The van der Waals surface area contributed by atoms with E-state index in [-0.39, 0.29) is 0 Å². The standard InChI is InChI=1S/C24H23N5O/c1-2-18-8-10-21(11-9-18)27-24-28-23(16-25-29-24)26-20-12-14-22(15-13-20)30-17-19-6-4-3-5-7-19/h3-16H,2,17H2,1H3,(H2,26,27,28,29). The molecule has 4 rings (SSSR count). The Kier molecular flexibility index (Phi) is 6.15. The van der Waals surface area contributed by atoms with Gasteiger partial charge in [-0.1, -0.05) is 49.4 Å². The van der Waals surface area contributed by atoms with Gasteiger partial charge in [-0.2, -0.15) is 10.1 Å². The minimum atomic E-state index is 0.437. The number of ether oxygens (including phenoxy) is 1. The highest BCUT2D eigenvalue weighted by Gasteiger charge is 2.03. The van der Waals surface area contributed by atoms with E-state index in [1.165, 1.54) is 5.56 Å². The van der Waals surface area contributed by atoms with Crippen molar-refractivity contribution in [1.82, 2.24) is 15.2 Å². The van der Waals surface area contributed by atoms with Crippen LogP contribution in [0.25, 0.3) is 0 Å². The first-order valence-electron chi connectivity index (χ1n) is 9.88. The summed E-state index contributed by atoms with van der Waals surface area (Å²) in [4.78, 5) is 4.48. The number of hydrogen-bond donors (Lipinski definition) is 2. The van der Waals surface area contributed by atoms with Crippen LogP contribution in [-0.2, 0) is 13.0 Å². The zero-order valence-corrected chi connectivity index (χ0v) is 16.7. The molecule has 0 radical (unpaired) electrons. The number of nitrogens with zero attached hydrogens (tertiary/aromatic N) is 3. The molecule has 0 aliphatic heterocycles. The van der Waals surface area contributed by atoms with Crippen molar-refractivity contribution in [3.8, 4) is 5.75 Å². The van der Waals surface area contributed by atoms with Crippen molar-refractivity contribution in [2.45, 2.75) is 20.0 Å². The topological polar surface area (TPSA) is 72.0 Å². The Morgan fingerprint density at radius 3 is 2.20 bits per heavy atom. The quantitative estimate of drug-likeness (QED) is 0.409. The number of nitrogens with one attached hydrogen (secondary N) is 2. The summed E-state index contributed by atoms with van der Waals surface area (Å²) in [6.45, 7) is 2.67. The lowest BCUT2D eigenvalue weighted by Gasteiger charge is -2.10. The fourth-order valence-electron chi connectivity index (χ4n) is 2.89. The average Bonchev–Trinajstić information content (AvgIpc) is 2.80. The number of rotatable bonds is 8. The van der Waals surface area contributed by atoms with Crippen LogP contribution in [0.3, 0.4) is 0 Å². The number of aryl methyl sites for hydroxylation is 1. The zero-order valence-electron chi connectivity index (χ0n) is 16.7. The van der Waals surface area contributed by atoms with E-state index in [2.05, 4.69) is 44.9 Å². The van der Waals surface area contributed by atoms with Gasteiger partial charge >= 0.3 is 0 Å². The van der Waals surface area contributed by atoms with Gasteiger partial charge in [0.15, 0.2) is 5.82 Å². The van der Waals surface area contributed by atoms with Gasteiger partial charge in [0.2, 0.25) is 5.95 Å². The van der Waals surface area contributed by atoms with Crippen LogP contribution in [0.2, 0.25) is 0 Å². The molecule has 0 atom stereocenters. The molecule has 0 saturated heterocycles. The van der Waals surface area contributed by atoms with Crippen LogP contribution in [-0.4, -0.2) is 15.2 Å². The van der Waals surface area contributed by atoms with Crippen LogP contribution >= 0.6 is 0 Å². The van der Waals surface area contributed by atoms with Crippen molar-refractivity contribution in [1.29, 1.82) is 0 Å². The van der Waals surface area contributed by atoms with E-state index in [0.717, 1.165) is 29.1 Å². The lowest BCUT2D eigenvalue weighted by atomic mass is 10.1. The van der Waals surface area contributed by atoms with Gasteiger partial charge in [-0.05, 0) is 53.9 Å². The SMILES string of the molecule is CCc1ccc(Nc2nncc(Nc3ccc(OCc4ccccc4)cc3)n2)cc1. The van der Waals surface area contributed by atoms with Crippen molar-refractivity contribution >= 4 is 23.1 Å². The smallest absolute Gasteiger partial charge is 0.249 e. The van der Waals surface area contributed by atoms with Gasteiger partial charge in [0.25, 0.3) is 0 Å². The molecule has 0 unspecified atom stereocenters. The van der Waals surface area contributed by atoms with E-state index in [4.69, 9.17) is 4.74 Å². The first kappa shape index (κ1) is 19.4. The summed E-state index contributed by atoms with van der Waals surface area (Å²) < 4.78 is 5.82. The molecule has 1 aromatic heterocycles. The molecule has 0 bridgehead atoms. The van der Waals surface area contributed by atoms with Gasteiger partial charge < -0.3 is 15.4 Å². The molecule has 3 aromatic carbocycles. The molecular weight excluding hydrogens is 374 g/mol. The molecule has 6 nitrogen and oxygen atoms in total. The Morgan fingerprint density at radius 2 is 1.47 bits per heavy atom. The van der Waals surface area contributed by atoms with Gasteiger partial charge in [-0.15, -0.1) is 5.10 Å². The van der Waals surface area contributed by atoms with E-state index in [0.29, 0.717) is 18.4 Å². The highest BCUT2D eigenvalue weighted by atomic mass is 16.5. The van der Waals surface area contributed by atoms with E-state index in [1.54, 1.807) is 6.20 Å². The lowest BCUT2D eigenvalue weighted by molar-refractivity contribution is 0.306. The summed E-state index contributed by atoms with van der Waals surface area (Å²) in [5.41, 5.74) is 4.23. The highest BCUT2D eigenvalue weighted by molar-refractivity contribution is 5.59. The van der Waals surface area contributed by atoms with Crippen LogP contribution in [0.4, 0.5) is 23.1 Å². The van der Waals surface area contributed by atoms with Crippen LogP contribution in [0.15, 0.2) is 85.1 Å². The molecule has 0 spiro atoms. The third kappa shape index (κ3) is 5.32. The molecule has 30 heavy (non-hydrogen) atoms. The van der Waals surface area contributed by atoms with Gasteiger partial charge in [-0.3, -0.25) is 0 Å². The van der Waals surface area contributed by atoms with Crippen molar-refractivity contribution < 1.29 is 4.74 Å². The van der Waals surface area contributed by atoms with E-state index < -0.39 is 0 Å². The first-order chi connectivity index (χ1) is 14.8. The van der Waals surface area contributed by atoms with E-state index in [1.807, 2.05) is 66.7 Å². The molecule has 6 heteroatoms. The van der Waals surface area contributed by atoms with Crippen molar-refractivity contribution in [2.24, 2.45) is 0 Å². The molecule has 0 aliphatic rings. The minimum Gasteiger partial charge on any atom is -0.489 e. The molecule has 2 N–H and O–H groups in total. The molecule has 150 valence electrons. The van der Waals surface area contributed by atoms with Crippen molar-refractivity contribution in [3.05, 3.63) is 96.2 Å². The lowest BCUT2D eigenvalue weighted by Crippen LogP contribution is -2.02. The summed E-state index contributed by atoms with van der Waals surface area (Å²) in [7, 11) is 0. The fraction of sp³-hybridized carbons (Fsp3) is 0.125. The van der Waals surface area contributed by atoms with Crippen LogP contribution in [0.1, 0.15) is 18.1 Å². The van der Waals surface area contributed by atoms with E-state index in [9.17, 15) is 0 Å². The summed E-state index contributed by atoms with van der Waals surface area (Å²) >= 11 is 0. The second kappa shape index (κ2) is 9.52. The fourth-order valence-corrected chi connectivity index (χ4v) is 2.89. The Labute approximate surface area is 176 Å². The molecule has 0 amide bonds. The Morgan fingerprint density at radius 1 is 0.767 bits per heavy atom. The maximum absolute atomic E-state index is 5.82. The van der Waals surface area contributed by atoms with Crippen LogP contribution in [0.5, 0.6) is 5.75 Å². The second-order valence-corrected chi connectivity index (χ2v) is 6.76. The largest absolute Gasteiger partial charge is 0.489 e. The van der Waals surface area contributed by atoms with Crippen molar-refractivity contribution in [2.75, 3.05) is 10.6 Å². The van der Waals surface area contributed by atoms with Gasteiger partial charge in [0, 0.05) is 11.4 Å². The molecule has 0 fully saturated rings. The van der Waals surface area contributed by atoms with Gasteiger partial charge in [0.1, 0.15) is 12.4 Å². The highest BCUT2D eigenvalue weighted by Crippen LogP contribution is 2.21. The van der Waals surface area contributed by atoms with E-state index >= 15 is 0 Å². The normalized spacial score (nSPS) is 10.4. The summed E-state index contributed by atoms with van der Waals surface area (Å²) in [6.07, 6.45) is 2.60. The Balaban J connectivity index is 1.36. The zero-order chi connectivity index (χ0) is 20.6. The molecule has 1 heterocycles. The van der Waals surface area contributed by atoms with Gasteiger partial charge in [0.05, 0.1) is 6.20 Å². The van der Waals surface area contributed by atoms with Crippen LogP contribution in [0, 0.1) is 0 Å². The second-order valence-electron chi connectivity index (χ2n) is 6.76. The number of hydrogen-bond acceptors (Lipinski definition) is 6. The third-order valence-corrected chi connectivity index (χ3v) is 4.55. The summed E-state index contributed by atoms with van der Waals surface area (Å²) in [5, 5.41) is 14.5. The predicted molar refractivity (Wildman–Crippen MR) is 119 cm³/mol. The van der Waals surface area contributed by atoms with Gasteiger partial charge in [-0.25, -0.2) is 0 Å². The molecular formula is C24H23N5O. The average molecular weight is 397 g/mol. The molecule has 4 aromatic rings. The third-order valence-electron chi connectivity index (χ3n) is 4.55. The predicted octanol–water partition coefficient (Wildman–Crippen LogP) is 5.50. The maximum atomic E-state index is 5.82. The Hall–Kier alpha value is -3.93. The summed E-state index contributed by atoms with van der Waals surface area (Å²) in [5.74, 6) is 1.85. The number of aromatic nitrogens is 3. The van der Waals surface area contributed by atoms with Crippen molar-refractivity contribution in [3.63, 3.8) is 0 Å². The Bertz CT molecular complexity index is 1070. The minimum absolute atomic E-state index is 0.437.